The first-order chi connectivity index (χ1) is 9.24. The number of sulfonamides is 1. The van der Waals surface area contributed by atoms with Gasteiger partial charge in [0, 0.05) is 18.3 Å². The van der Waals surface area contributed by atoms with Gasteiger partial charge in [-0.2, -0.15) is 0 Å². The molecule has 0 aliphatic heterocycles. The Bertz CT molecular complexity index is 584. The van der Waals surface area contributed by atoms with E-state index in [9.17, 15) is 18.5 Å². The van der Waals surface area contributed by atoms with Crippen molar-refractivity contribution in [2.45, 2.75) is 31.6 Å². The molecule has 1 aromatic carbocycles. The second-order valence-corrected chi connectivity index (χ2v) is 6.65. The van der Waals surface area contributed by atoms with Gasteiger partial charge in [-0.1, -0.05) is 13.8 Å². The normalized spacial score (nSPS) is 11.8. The lowest BCUT2D eigenvalue weighted by Crippen LogP contribution is -2.26. The minimum atomic E-state index is -3.93. The summed E-state index contributed by atoms with van der Waals surface area (Å²) in [4.78, 5) is 9.74. The Morgan fingerprint density at radius 3 is 2.60 bits per heavy atom. The highest BCUT2D eigenvalue weighted by atomic mass is 32.2. The number of benzene rings is 1. The third-order valence-corrected chi connectivity index (χ3v) is 4.21. The van der Waals surface area contributed by atoms with Crippen molar-refractivity contribution >= 4 is 21.4 Å². The molecule has 7 nitrogen and oxygen atoms in total. The van der Waals surface area contributed by atoms with E-state index in [-0.39, 0.29) is 12.2 Å². The van der Waals surface area contributed by atoms with Gasteiger partial charge in [0.15, 0.2) is 4.90 Å². The zero-order valence-electron chi connectivity index (χ0n) is 11.5. The maximum Gasteiger partial charge on any atom is 0.289 e. The van der Waals surface area contributed by atoms with Gasteiger partial charge in [-0.3, -0.25) is 10.1 Å². The molecular formula is C12H19N3O4S. The van der Waals surface area contributed by atoms with Crippen LogP contribution in [0.4, 0.5) is 11.4 Å². The van der Waals surface area contributed by atoms with Crippen LogP contribution in [-0.4, -0.2) is 19.9 Å². The second-order valence-electron chi connectivity index (χ2n) is 4.92. The molecule has 0 radical (unpaired) electrons. The van der Waals surface area contributed by atoms with Gasteiger partial charge in [0.2, 0.25) is 10.0 Å². The summed E-state index contributed by atoms with van der Waals surface area (Å²) in [5.41, 5.74) is 5.19. The quantitative estimate of drug-likeness (QED) is 0.345. The average Bonchev–Trinajstić information content (AvgIpc) is 2.34. The van der Waals surface area contributed by atoms with Crippen molar-refractivity contribution in [1.29, 1.82) is 0 Å². The molecule has 1 rings (SSSR count). The molecule has 112 valence electrons. The van der Waals surface area contributed by atoms with Gasteiger partial charge in [-0.15, -0.1) is 0 Å². The summed E-state index contributed by atoms with van der Waals surface area (Å²) in [6, 6.07) is 3.50. The first-order valence-electron chi connectivity index (χ1n) is 6.27. The molecule has 0 atom stereocenters. The summed E-state index contributed by atoms with van der Waals surface area (Å²) in [6.07, 6.45) is 1.55. The van der Waals surface area contributed by atoms with Gasteiger partial charge < -0.3 is 5.73 Å². The molecule has 1 aromatic rings. The van der Waals surface area contributed by atoms with Crippen LogP contribution in [0.3, 0.4) is 0 Å². The van der Waals surface area contributed by atoms with E-state index in [2.05, 4.69) is 4.72 Å². The Hall–Kier alpha value is -1.67. The number of hydrogen-bond donors (Lipinski definition) is 2. The highest BCUT2D eigenvalue weighted by molar-refractivity contribution is 7.89. The molecule has 0 saturated heterocycles. The average molecular weight is 301 g/mol. The fraction of sp³-hybridized carbons (Fsp3) is 0.500. The van der Waals surface area contributed by atoms with E-state index in [1.807, 2.05) is 13.8 Å². The maximum absolute atomic E-state index is 12.1. The first kappa shape index (κ1) is 16.4. The number of nitrogens with zero attached hydrogens (tertiary/aromatic N) is 1. The SMILES string of the molecule is CC(C)CCCNS(=O)(=O)c1cc(N)ccc1[N+](=O)[O-]. The third kappa shape index (κ3) is 4.46. The summed E-state index contributed by atoms with van der Waals surface area (Å²) >= 11 is 0. The fourth-order valence-corrected chi connectivity index (χ4v) is 2.97. The van der Waals surface area contributed by atoms with Crippen LogP contribution >= 0.6 is 0 Å². The molecule has 0 aromatic heterocycles. The number of nitro benzene ring substituents is 1. The van der Waals surface area contributed by atoms with Crippen molar-refractivity contribution in [3.63, 3.8) is 0 Å². The highest BCUT2D eigenvalue weighted by Crippen LogP contribution is 2.25. The highest BCUT2D eigenvalue weighted by Gasteiger charge is 2.25. The molecule has 0 heterocycles. The summed E-state index contributed by atoms with van der Waals surface area (Å²) in [6.45, 7) is 4.32. The van der Waals surface area contributed by atoms with Gasteiger partial charge >= 0.3 is 0 Å². The van der Waals surface area contributed by atoms with Crippen LogP contribution in [0.5, 0.6) is 0 Å². The minimum absolute atomic E-state index is 0.165. The van der Waals surface area contributed by atoms with Crippen LogP contribution in [-0.2, 0) is 10.0 Å². The molecule has 0 bridgehead atoms. The zero-order valence-corrected chi connectivity index (χ0v) is 12.3. The maximum atomic E-state index is 12.1. The number of nitro groups is 1. The molecule has 0 unspecified atom stereocenters. The Morgan fingerprint density at radius 2 is 2.05 bits per heavy atom. The predicted octanol–water partition coefficient (Wildman–Crippen LogP) is 1.89. The van der Waals surface area contributed by atoms with Gasteiger partial charge in [0.25, 0.3) is 5.69 Å². The van der Waals surface area contributed by atoms with Crippen LogP contribution in [0.15, 0.2) is 23.1 Å². The largest absolute Gasteiger partial charge is 0.399 e. The van der Waals surface area contributed by atoms with Crippen molar-refractivity contribution in [3.05, 3.63) is 28.3 Å². The number of anilines is 1. The third-order valence-electron chi connectivity index (χ3n) is 2.72. The van der Waals surface area contributed by atoms with Crippen molar-refractivity contribution < 1.29 is 13.3 Å². The van der Waals surface area contributed by atoms with E-state index in [1.54, 1.807) is 0 Å². The Balaban J connectivity index is 2.92. The smallest absolute Gasteiger partial charge is 0.289 e. The molecular weight excluding hydrogens is 282 g/mol. The molecule has 3 N–H and O–H groups in total. The lowest BCUT2D eigenvalue weighted by molar-refractivity contribution is -0.387. The molecule has 0 aliphatic carbocycles. The Kier molecular flexibility index (Phi) is 5.46. The van der Waals surface area contributed by atoms with E-state index in [4.69, 9.17) is 5.73 Å². The van der Waals surface area contributed by atoms with Crippen molar-refractivity contribution in [2.24, 2.45) is 5.92 Å². The molecule has 0 aliphatic rings. The molecule has 0 saturated carbocycles. The van der Waals surface area contributed by atoms with Gasteiger partial charge in [0.1, 0.15) is 0 Å². The molecule has 8 heteroatoms. The lowest BCUT2D eigenvalue weighted by Gasteiger charge is -2.09. The predicted molar refractivity (Wildman–Crippen MR) is 76.8 cm³/mol. The number of nitrogens with two attached hydrogens (primary N) is 1. The number of rotatable bonds is 7. The minimum Gasteiger partial charge on any atom is -0.399 e. The van der Waals surface area contributed by atoms with E-state index < -0.39 is 25.5 Å². The van der Waals surface area contributed by atoms with E-state index in [1.165, 1.54) is 6.07 Å². The summed E-state index contributed by atoms with van der Waals surface area (Å²) < 4.78 is 26.5. The summed E-state index contributed by atoms with van der Waals surface area (Å²) in [5.74, 6) is 0.473. The van der Waals surface area contributed by atoms with Gasteiger partial charge in [-0.05, 0) is 30.9 Å². The number of hydrogen-bond acceptors (Lipinski definition) is 5. The van der Waals surface area contributed by atoms with Gasteiger partial charge in [-0.25, -0.2) is 13.1 Å². The summed E-state index contributed by atoms with van der Waals surface area (Å²) in [7, 11) is -3.93. The standard InChI is InChI=1S/C12H19N3O4S/c1-9(2)4-3-7-14-20(18,19)12-8-10(13)5-6-11(12)15(16)17/h5-6,8-9,14H,3-4,7,13H2,1-2H3. The van der Waals surface area contributed by atoms with E-state index in [0.717, 1.165) is 18.6 Å². The van der Waals surface area contributed by atoms with Crippen LogP contribution in [0, 0.1) is 16.0 Å². The monoisotopic (exact) mass is 301 g/mol. The topological polar surface area (TPSA) is 115 Å². The molecule has 0 fully saturated rings. The van der Waals surface area contributed by atoms with Crippen LogP contribution in [0.25, 0.3) is 0 Å². The van der Waals surface area contributed by atoms with E-state index in [0.29, 0.717) is 12.3 Å². The van der Waals surface area contributed by atoms with Crippen molar-refractivity contribution in [1.82, 2.24) is 4.72 Å². The molecule has 0 amide bonds. The fourth-order valence-electron chi connectivity index (χ4n) is 1.69. The first-order valence-corrected chi connectivity index (χ1v) is 7.76. The van der Waals surface area contributed by atoms with Crippen molar-refractivity contribution in [2.75, 3.05) is 12.3 Å². The molecule has 20 heavy (non-hydrogen) atoms. The lowest BCUT2D eigenvalue weighted by atomic mass is 10.1. The van der Waals surface area contributed by atoms with Gasteiger partial charge in [0.05, 0.1) is 4.92 Å². The van der Waals surface area contributed by atoms with Crippen molar-refractivity contribution in [3.8, 4) is 0 Å². The second kappa shape index (κ2) is 6.67. The number of nitrogens with one attached hydrogen (secondary N) is 1. The zero-order chi connectivity index (χ0) is 15.3. The number of nitrogen functional groups attached to an aromatic ring is 1. The Morgan fingerprint density at radius 1 is 1.40 bits per heavy atom. The van der Waals surface area contributed by atoms with Crippen LogP contribution in [0.1, 0.15) is 26.7 Å². The molecule has 0 spiro atoms. The summed E-state index contributed by atoms with van der Waals surface area (Å²) in [5, 5.41) is 10.9. The van der Waals surface area contributed by atoms with Crippen LogP contribution in [0.2, 0.25) is 0 Å². The Labute approximate surface area is 118 Å². The van der Waals surface area contributed by atoms with E-state index >= 15 is 0 Å². The van der Waals surface area contributed by atoms with Crippen LogP contribution < -0.4 is 10.5 Å².